The number of nitrogens with two attached hydrogens (primary N) is 1. The lowest BCUT2D eigenvalue weighted by molar-refractivity contribution is 0.0993. The number of hydrogen-bond donors (Lipinski definition) is 1. The number of benzene rings is 2. The van der Waals surface area contributed by atoms with E-state index in [0.29, 0.717) is 22.7 Å². The summed E-state index contributed by atoms with van der Waals surface area (Å²) in [6.45, 7) is 0.435. The van der Waals surface area contributed by atoms with Crippen molar-refractivity contribution in [3.05, 3.63) is 70.0 Å². The Hall–Kier alpha value is -1.71. The van der Waals surface area contributed by atoms with E-state index in [0.717, 1.165) is 5.56 Å². The number of Topliss-reactive ketones (excluding diaryl/α,β-unsaturated/α-hetero) is 1. The summed E-state index contributed by atoms with van der Waals surface area (Å²) in [6.07, 6.45) is 0.0819. The van der Waals surface area contributed by atoms with E-state index in [9.17, 15) is 9.18 Å². The van der Waals surface area contributed by atoms with Crippen LogP contribution in [0.15, 0.2) is 42.5 Å². The zero-order chi connectivity index (χ0) is 13.8. The van der Waals surface area contributed by atoms with E-state index in [1.165, 1.54) is 18.2 Å². The van der Waals surface area contributed by atoms with Crippen LogP contribution >= 0.6 is 11.6 Å². The Kier molecular flexibility index (Phi) is 4.30. The first kappa shape index (κ1) is 13.7. The van der Waals surface area contributed by atoms with E-state index in [1.807, 2.05) is 0 Å². The largest absolute Gasteiger partial charge is 0.326 e. The van der Waals surface area contributed by atoms with E-state index >= 15 is 0 Å². The van der Waals surface area contributed by atoms with Crippen molar-refractivity contribution in [2.24, 2.45) is 5.73 Å². The highest BCUT2D eigenvalue weighted by Crippen LogP contribution is 2.19. The lowest BCUT2D eigenvalue weighted by Crippen LogP contribution is -2.05. The highest BCUT2D eigenvalue weighted by Gasteiger charge is 2.10. The predicted molar refractivity (Wildman–Crippen MR) is 73.8 cm³/mol. The highest BCUT2D eigenvalue weighted by atomic mass is 35.5. The van der Waals surface area contributed by atoms with Gasteiger partial charge in [0.2, 0.25) is 0 Å². The molecule has 0 amide bonds. The van der Waals surface area contributed by atoms with Gasteiger partial charge in [0, 0.05) is 23.6 Å². The van der Waals surface area contributed by atoms with Crippen molar-refractivity contribution in [2.75, 3.05) is 0 Å². The Morgan fingerprint density at radius 1 is 1.16 bits per heavy atom. The normalized spacial score (nSPS) is 10.5. The van der Waals surface area contributed by atoms with Gasteiger partial charge in [0.05, 0.1) is 0 Å². The summed E-state index contributed by atoms with van der Waals surface area (Å²) in [6, 6.07) is 11.1. The standard InChI is InChI=1S/C15H13ClFNO/c16-14-6-5-13(17)7-12(14)8-15(19)11-3-1-10(9-18)2-4-11/h1-7H,8-9,18H2. The van der Waals surface area contributed by atoms with E-state index in [-0.39, 0.29) is 12.2 Å². The van der Waals surface area contributed by atoms with Crippen LogP contribution in [-0.2, 0) is 13.0 Å². The molecule has 0 aromatic heterocycles. The number of halogens is 2. The van der Waals surface area contributed by atoms with Gasteiger partial charge >= 0.3 is 0 Å². The maximum atomic E-state index is 13.1. The first-order chi connectivity index (χ1) is 9.10. The average Bonchev–Trinajstić information content (AvgIpc) is 2.43. The van der Waals surface area contributed by atoms with Crippen molar-refractivity contribution in [3.63, 3.8) is 0 Å². The SMILES string of the molecule is NCc1ccc(C(=O)Cc2cc(F)ccc2Cl)cc1. The second-order valence-corrected chi connectivity index (χ2v) is 4.64. The molecule has 0 spiro atoms. The van der Waals surface area contributed by atoms with Crippen LogP contribution in [0.2, 0.25) is 5.02 Å². The first-order valence-electron chi connectivity index (χ1n) is 5.86. The number of ketones is 1. The lowest BCUT2D eigenvalue weighted by Gasteiger charge is -2.05. The zero-order valence-corrected chi connectivity index (χ0v) is 11.0. The molecule has 0 unspecified atom stereocenters. The molecule has 2 rings (SSSR count). The van der Waals surface area contributed by atoms with Gasteiger partial charge in [-0.05, 0) is 29.3 Å². The molecule has 0 aliphatic heterocycles. The molecule has 0 fully saturated rings. The number of carbonyl (C=O) groups excluding carboxylic acids is 1. The fraction of sp³-hybridized carbons (Fsp3) is 0.133. The second-order valence-electron chi connectivity index (χ2n) is 4.24. The van der Waals surface area contributed by atoms with Crippen LogP contribution < -0.4 is 5.73 Å². The van der Waals surface area contributed by atoms with Crippen molar-refractivity contribution in [3.8, 4) is 0 Å². The molecule has 0 saturated heterocycles. The second kappa shape index (κ2) is 5.95. The van der Waals surface area contributed by atoms with Crippen LogP contribution in [-0.4, -0.2) is 5.78 Å². The molecule has 0 radical (unpaired) electrons. The minimum absolute atomic E-state index is 0.0819. The summed E-state index contributed by atoms with van der Waals surface area (Å²) in [5, 5.41) is 0.397. The molecule has 98 valence electrons. The van der Waals surface area contributed by atoms with Crippen LogP contribution in [0.1, 0.15) is 21.5 Å². The molecule has 2 aromatic carbocycles. The molecule has 2 N–H and O–H groups in total. The van der Waals surface area contributed by atoms with Crippen LogP contribution in [0.5, 0.6) is 0 Å². The van der Waals surface area contributed by atoms with Crippen LogP contribution in [0.4, 0.5) is 4.39 Å². The van der Waals surface area contributed by atoms with Gasteiger partial charge in [-0.15, -0.1) is 0 Å². The monoisotopic (exact) mass is 277 g/mol. The minimum atomic E-state index is -0.398. The van der Waals surface area contributed by atoms with Crippen LogP contribution in [0.3, 0.4) is 0 Å². The molecule has 19 heavy (non-hydrogen) atoms. The fourth-order valence-electron chi connectivity index (χ4n) is 1.78. The molecule has 0 atom stereocenters. The Morgan fingerprint density at radius 2 is 1.84 bits per heavy atom. The maximum absolute atomic E-state index is 13.1. The molecule has 0 aliphatic rings. The average molecular weight is 278 g/mol. The number of carbonyl (C=O) groups is 1. The van der Waals surface area contributed by atoms with E-state index in [2.05, 4.69) is 0 Å². The zero-order valence-electron chi connectivity index (χ0n) is 10.2. The Balaban J connectivity index is 2.18. The van der Waals surface area contributed by atoms with Gasteiger partial charge in [-0.2, -0.15) is 0 Å². The van der Waals surface area contributed by atoms with Gasteiger partial charge < -0.3 is 5.73 Å². The third-order valence-electron chi connectivity index (χ3n) is 2.87. The smallest absolute Gasteiger partial charge is 0.167 e. The first-order valence-corrected chi connectivity index (χ1v) is 6.24. The van der Waals surface area contributed by atoms with Crippen molar-refractivity contribution < 1.29 is 9.18 Å². The molecular weight excluding hydrogens is 265 g/mol. The quantitative estimate of drug-likeness (QED) is 0.871. The van der Waals surface area contributed by atoms with Gasteiger partial charge in [-0.1, -0.05) is 35.9 Å². The van der Waals surface area contributed by atoms with Crippen molar-refractivity contribution in [1.29, 1.82) is 0 Å². The van der Waals surface area contributed by atoms with E-state index < -0.39 is 5.82 Å². The molecule has 0 aliphatic carbocycles. The van der Waals surface area contributed by atoms with Gasteiger partial charge in [-0.3, -0.25) is 4.79 Å². The molecule has 0 heterocycles. The van der Waals surface area contributed by atoms with Crippen LogP contribution in [0.25, 0.3) is 0 Å². The summed E-state index contributed by atoms with van der Waals surface area (Å²) < 4.78 is 13.1. The lowest BCUT2D eigenvalue weighted by atomic mass is 10.0. The molecule has 2 nitrogen and oxygen atoms in total. The molecule has 4 heteroatoms. The highest BCUT2D eigenvalue weighted by molar-refractivity contribution is 6.31. The summed E-state index contributed by atoms with van der Waals surface area (Å²) in [4.78, 5) is 12.1. The van der Waals surface area contributed by atoms with Gasteiger partial charge in [0.15, 0.2) is 5.78 Å². The topological polar surface area (TPSA) is 43.1 Å². The summed E-state index contributed by atoms with van der Waals surface area (Å²) >= 11 is 5.94. The van der Waals surface area contributed by atoms with Crippen molar-refractivity contribution in [1.82, 2.24) is 0 Å². The van der Waals surface area contributed by atoms with E-state index in [1.54, 1.807) is 24.3 Å². The molecular formula is C15H13ClFNO. The summed E-state index contributed by atoms with van der Waals surface area (Å²) in [5.41, 5.74) is 7.51. The van der Waals surface area contributed by atoms with Crippen LogP contribution in [0, 0.1) is 5.82 Å². The molecule has 0 bridgehead atoms. The third-order valence-corrected chi connectivity index (χ3v) is 3.24. The summed E-state index contributed by atoms with van der Waals surface area (Å²) in [5.74, 6) is -0.498. The third kappa shape index (κ3) is 3.40. The fourth-order valence-corrected chi connectivity index (χ4v) is 1.96. The predicted octanol–water partition coefficient (Wildman–Crippen LogP) is 3.36. The Morgan fingerprint density at radius 3 is 2.47 bits per heavy atom. The van der Waals surface area contributed by atoms with Gasteiger partial charge in [0.25, 0.3) is 0 Å². The molecule has 0 saturated carbocycles. The Labute approximate surface area is 116 Å². The molecule has 2 aromatic rings. The van der Waals surface area contributed by atoms with Gasteiger partial charge in [-0.25, -0.2) is 4.39 Å². The van der Waals surface area contributed by atoms with E-state index in [4.69, 9.17) is 17.3 Å². The van der Waals surface area contributed by atoms with Crippen molar-refractivity contribution >= 4 is 17.4 Å². The Bertz CT molecular complexity index is 596. The van der Waals surface area contributed by atoms with Crippen molar-refractivity contribution in [2.45, 2.75) is 13.0 Å². The number of rotatable bonds is 4. The summed E-state index contributed by atoms with van der Waals surface area (Å²) in [7, 11) is 0. The van der Waals surface area contributed by atoms with Gasteiger partial charge in [0.1, 0.15) is 5.82 Å². The minimum Gasteiger partial charge on any atom is -0.326 e. The number of hydrogen-bond acceptors (Lipinski definition) is 2. The maximum Gasteiger partial charge on any atom is 0.167 e.